The zero-order chi connectivity index (χ0) is 13.7. The largest absolute Gasteiger partial charge is 0.463 e. The summed E-state index contributed by atoms with van der Waals surface area (Å²) in [7, 11) is -4.31. The maximum absolute atomic E-state index is 11.6. The van der Waals surface area contributed by atoms with Gasteiger partial charge in [0, 0.05) is 6.08 Å². The highest BCUT2D eigenvalue weighted by Gasteiger charge is 2.45. The number of esters is 1. The summed E-state index contributed by atoms with van der Waals surface area (Å²) in [5.74, 6) is -0.565. The lowest BCUT2D eigenvalue weighted by Crippen LogP contribution is -2.29. The molecule has 17 heavy (non-hydrogen) atoms. The van der Waals surface area contributed by atoms with E-state index in [2.05, 4.69) is 0 Å². The number of hydrogen-bond donors (Lipinski definition) is 2. The quantitative estimate of drug-likeness (QED) is 0.436. The Labute approximate surface area is 102 Å². The van der Waals surface area contributed by atoms with Crippen molar-refractivity contribution in [3.63, 3.8) is 0 Å². The van der Waals surface area contributed by atoms with Crippen LogP contribution >= 0.6 is 7.60 Å². The van der Waals surface area contributed by atoms with Crippen molar-refractivity contribution in [2.24, 2.45) is 0 Å². The van der Waals surface area contributed by atoms with Crippen LogP contribution in [0.4, 0.5) is 0 Å². The first-order valence-corrected chi connectivity index (χ1v) is 7.27. The van der Waals surface area contributed by atoms with Gasteiger partial charge in [-0.1, -0.05) is 13.8 Å². The van der Waals surface area contributed by atoms with Crippen LogP contribution in [0.25, 0.3) is 0 Å². The number of carbonyl (C=O) groups is 1. The zero-order valence-electron chi connectivity index (χ0n) is 10.8. The summed E-state index contributed by atoms with van der Waals surface area (Å²) in [6.07, 6.45) is 1.72. The number of allylic oxidation sites excluding steroid dienone is 1. The van der Waals surface area contributed by atoms with Crippen LogP contribution < -0.4 is 0 Å². The molecular formula is C11H21O5P. The van der Waals surface area contributed by atoms with Crippen molar-refractivity contribution in [1.82, 2.24) is 0 Å². The summed E-state index contributed by atoms with van der Waals surface area (Å²) in [6.45, 7) is 6.87. The van der Waals surface area contributed by atoms with Gasteiger partial charge in [-0.25, -0.2) is 4.79 Å². The van der Waals surface area contributed by atoms with Crippen molar-refractivity contribution in [2.75, 3.05) is 6.61 Å². The zero-order valence-corrected chi connectivity index (χ0v) is 11.7. The fraction of sp³-hybridized carbons (Fsp3) is 0.727. The molecule has 0 heterocycles. The van der Waals surface area contributed by atoms with Crippen molar-refractivity contribution < 1.29 is 23.9 Å². The van der Waals surface area contributed by atoms with Crippen molar-refractivity contribution in [3.8, 4) is 0 Å². The Balaban J connectivity index is 5.36. The molecule has 0 aliphatic heterocycles. The van der Waals surface area contributed by atoms with E-state index in [4.69, 9.17) is 4.74 Å². The average Bonchev–Trinajstić information content (AvgIpc) is 2.18. The Morgan fingerprint density at radius 1 is 1.29 bits per heavy atom. The molecule has 0 rings (SSSR count). The Bertz CT molecular complexity index is 338. The molecule has 0 amide bonds. The summed E-state index contributed by atoms with van der Waals surface area (Å²) in [4.78, 5) is 30.2. The third-order valence-corrected chi connectivity index (χ3v) is 5.18. The molecule has 0 fully saturated rings. The highest BCUT2D eigenvalue weighted by Crippen LogP contribution is 2.58. The molecule has 100 valence electrons. The van der Waals surface area contributed by atoms with Gasteiger partial charge in [-0.2, -0.15) is 0 Å². The molecule has 0 saturated carbocycles. The molecular weight excluding hydrogens is 243 g/mol. The highest BCUT2D eigenvalue weighted by atomic mass is 31.2. The van der Waals surface area contributed by atoms with E-state index in [1.54, 1.807) is 27.7 Å². The predicted molar refractivity (Wildman–Crippen MR) is 65.7 cm³/mol. The minimum absolute atomic E-state index is 0.240. The van der Waals surface area contributed by atoms with Crippen LogP contribution in [0.5, 0.6) is 0 Å². The number of ether oxygens (including phenoxy) is 1. The Kier molecular flexibility index (Phi) is 6.10. The Morgan fingerprint density at radius 3 is 2.06 bits per heavy atom. The van der Waals surface area contributed by atoms with E-state index < -0.39 is 18.7 Å². The molecule has 0 aliphatic rings. The van der Waals surface area contributed by atoms with E-state index in [1.165, 1.54) is 6.08 Å². The second kappa shape index (κ2) is 6.34. The molecule has 0 unspecified atom stereocenters. The molecule has 6 heteroatoms. The highest BCUT2D eigenvalue weighted by molar-refractivity contribution is 7.53. The first-order valence-electron chi connectivity index (χ1n) is 5.66. The van der Waals surface area contributed by atoms with Gasteiger partial charge in [-0.15, -0.1) is 0 Å². The van der Waals surface area contributed by atoms with Crippen LogP contribution in [-0.4, -0.2) is 27.5 Å². The second-order valence-corrected chi connectivity index (χ2v) is 5.81. The minimum Gasteiger partial charge on any atom is -0.463 e. The van der Waals surface area contributed by atoms with Crippen molar-refractivity contribution in [2.45, 2.75) is 45.7 Å². The Morgan fingerprint density at radius 2 is 1.76 bits per heavy atom. The van der Waals surface area contributed by atoms with Crippen LogP contribution in [0.3, 0.4) is 0 Å². The molecule has 0 aromatic carbocycles. The van der Waals surface area contributed by atoms with Gasteiger partial charge in [0.25, 0.3) is 0 Å². The SMILES string of the molecule is CCOC(=O)C=C(C)C(CC)(CC)P(=O)(O)O. The van der Waals surface area contributed by atoms with E-state index in [1.807, 2.05) is 0 Å². The average molecular weight is 264 g/mol. The molecule has 0 radical (unpaired) electrons. The van der Waals surface area contributed by atoms with Crippen LogP contribution in [-0.2, 0) is 14.1 Å². The lowest BCUT2D eigenvalue weighted by molar-refractivity contribution is -0.137. The molecule has 0 aliphatic carbocycles. The lowest BCUT2D eigenvalue weighted by Gasteiger charge is -2.33. The first-order chi connectivity index (χ1) is 7.75. The predicted octanol–water partition coefficient (Wildman–Crippen LogP) is 2.23. The van der Waals surface area contributed by atoms with E-state index in [0.29, 0.717) is 5.57 Å². The second-order valence-electron chi connectivity index (χ2n) is 3.86. The van der Waals surface area contributed by atoms with Gasteiger partial charge >= 0.3 is 13.6 Å². The summed E-state index contributed by atoms with van der Waals surface area (Å²) >= 11 is 0. The van der Waals surface area contributed by atoms with Crippen molar-refractivity contribution in [1.29, 1.82) is 0 Å². The van der Waals surface area contributed by atoms with E-state index in [9.17, 15) is 19.1 Å². The molecule has 0 atom stereocenters. The monoisotopic (exact) mass is 264 g/mol. The van der Waals surface area contributed by atoms with Gasteiger partial charge in [-0.3, -0.25) is 4.57 Å². The van der Waals surface area contributed by atoms with Crippen molar-refractivity contribution in [3.05, 3.63) is 11.6 Å². The van der Waals surface area contributed by atoms with E-state index in [0.717, 1.165) is 0 Å². The van der Waals surface area contributed by atoms with Crippen LogP contribution in [0.2, 0.25) is 0 Å². The van der Waals surface area contributed by atoms with E-state index in [-0.39, 0.29) is 19.4 Å². The standard InChI is InChI=1S/C11H21O5P/c1-5-11(6-2,17(13,14)15)9(4)8-10(12)16-7-3/h8H,5-7H2,1-4H3,(H2,13,14,15). The third kappa shape index (κ3) is 3.66. The minimum atomic E-state index is -4.31. The van der Waals surface area contributed by atoms with Crippen molar-refractivity contribution >= 4 is 13.6 Å². The van der Waals surface area contributed by atoms with Gasteiger partial charge in [0.05, 0.1) is 11.8 Å². The van der Waals surface area contributed by atoms with Crippen LogP contribution in [0.1, 0.15) is 40.5 Å². The summed E-state index contributed by atoms with van der Waals surface area (Å²) < 4.78 is 16.3. The maximum Gasteiger partial charge on any atom is 0.335 e. The molecule has 5 nitrogen and oxygen atoms in total. The number of rotatable bonds is 6. The summed E-state index contributed by atoms with van der Waals surface area (Å²) in [5.41, 5.74) is 0.370. The molecule has 0 aromatic rings. The molecule has 0 saturated heterocycles. The van der Waals surface area contributed by atoms with Gasteiger partial charge in [0.2, 0.25) is 0 Å². The lowest BCUT2D eigenvalue weighted by atomic mass is 9.93. The van der Waals surface area contributed by atoms with Gasteiger partial charge in [0.1, 0.15) is 0 Å². The summed E-state index contributed by atoms with van der Waals surface area (Å²) in [5, 5.41) is -1.26. The molecule has 0 bridgehead atoms. The Hall–Kier alpha value is -0.640. The fourth-order valence-electron chi connectivity index (χ4n) is 1.94. The van der Waals surface area contributed by atoms with Gasteiger partial charge in [0.15, 0.2) is 0 Å². The normalized spacial score (nSPS) is 13.6. The third-order valence-electron chi connectivity index (χ3n) is 3.08. The smallest absolute Gasteiger partial charge is 0.335 e. The van der Waals surface area contributed by atoms with Crippen LogP contribution in [0, 0.1) is 0 Å². The maximum atomic E-state index is 11.6. The topological polar surface area (TPSA) is 83.8 Å². The summed E-state index contributed by atoms with van der Waals surface area (Å²) in [6, 6.07) is 0. The molecule has 0 aromatic heterocycles. The fourth-order valence-corrected chi connectivity index (χ4v) is 3.29. The number of carbonyl (C=O) groups excluding carboxylic acids is 1. The van der Waals surface area contributed by atoms with Gasteiger partial charge in [-0.05, 0) is 32.3 Å². The van der Waals surface area contributed by atoms with Crippen LogP contribution in [0.15, 0.2) is 11.6 Å². The van der Waals surface area contributed by atoms with E-state index >= 15 is 0 Å². The molecule has 2 N–H and O–H groups in total. The van der Waals surface area contributed by atoms with Gasteiger partial charge < -0.3 is 14.5 Å². The first kappa shape index (κ1) is 16.4. The molecule has 0 spiro atoms. The number of hydrogen-bond acceptors (Lipinski definition) is 3.